The van der Waals surface area contributed by atoms with Gasteiger partial charge in [0.1, 0.15) is 18.1 Å². The highest BCUT2D eigenvalue weighted by Gasteiger charge is 2.26. The lowest BCUT2D eigenvalue weighted by molar-refractivity contribution is -0.127. The molecule has 34 heavy (non-hydrogen) atoms. The van der Waals surface area contributed by atoms with Gasteiger partial charge in [-0.3, -0.25) is 0 Å². The molecule has 2 saturated carbocycles. The summed E-state index contributed by atoms with van der Waals surface area (Å²) in [6.45, 7) is 5.58. The zero-order valence-corrected chi connectivity index (χ0v) is 21.3. The first kappa shape index (κ1) is 25.1. The molecule has 2 aliphatic rings. The summed E-state index contributed by atoms with van der Waals surface area (Å²) in [7, 11) is 0. The monoisotopic (exact) mass is 464 g/mol. The molecular formula is C31H44O3. The number of hydrogen-bond donors (Lipinski definition) is 0. The van der Waals surface area contributed by atoms with Gasteiger partial charge in [0.15, 0.2) is 0 Å². The summed E-state index contributed by atoms with van der Waals surface area (Å²) in [6, 6.07) is 17.3. The minimum absolute atomic E-state index is 0.202. The second kappa shape index (κ2) is 13.2. The molecule has 2 fully saturated rings. The Balaban J connectivity index is 1.27. The van der Waals surface area contributed by atoms with Gasteiger partial charge in [-0.25, -0.2) is 0 Å². The molecule has 0 aliphatic heterocycles. The third-order valence-electron chi connectivity index (χ3n) is 7.94. The van der Waals surface area contributed by atoms with Gasteiger partial charge in [0, 0.05) is 5.92 Å². The smallest absolute Gasteiger partial charge is 0.202 e. The first-order valence-corrected chi connectivity index (χ1v) is 13.8. The molecule has 2 aliphatic carbocycles. The highest BCUT2D eigenvalue weighted by molar-refractivity contribution is 5.30. The summed E-state index contributed by atoms with van der Waals surface area (Å²) in [5.74, 6) is 3.60. The van der Waals surface area contributed by atoms with Gasteiger partial charge in [-0.15, -0.1) is 0 Å². The third kappa shape index (κ3) is 7.25. The van der Waals surface area contributed by atoms with Gasteiger partial charge >= 0.3 is 0 Å². The molecule has 0 bridgehead atoms. The minimum atomic E-state index is -0.202. The molecule has 186 valence electrons. The average molecular weight is 465 g/mol. The van der Waals surface area contributed by atoms with Crippen LogP contribution in [0.5, 0.6) is 11.5 Å². The number of hydrogen-bond acceptors (Lipinski definition) is 3. The van der Waals surface area contributed by atoms with Crippen LogP contribution in [0, 0.1) is 5.92 Å². The fraction of sp³-hybridized carbons (Fsp3) is 0.613. The van der Waals surface area contributed by atoms with Gasteiger partial charge in [0.2, 0.25) is 6.29 Å². The summed E-state index contributed by atoms with van der Waals surface area (Å²) >= 11 is 0. The Kier molecular flexibility index (Phi) is 9.74. The van der Waals surface area contributed by atoms with E-state index in [9.17, 15) is 0 Å². The SMILES string of the molecule is CCC(C)c1ccc(OC(OCCOc2ccc(C3CCCCC3)cc2)C2CCCCC2)cc1. The standard InChI is InChI=1S/C31H44O3/c1-3-24(2)25-14-20-30(21-15-25)34-31(28-12-8-5-9-13-28)33-23-22-32-29-18-16-27(17-19-29)26-10-6-4-7-11-26/h14-21,24,26,28,31H,3-13,22-23H2,1-2H3. The molecule has 0 radical (unpaired) electrons. The fourth-order valence-electron chi connectivity index (χ4n) is 5.51. The van der Waals surface area contributed by atoms with Crippen LogP contribution in [0.2, 0.25) is 0 Å². The summed E-state index contributed by atoms with van der Waals surface area (Å²) in [5.41, 5.74) is 2.83. The van der Waals surface area contributed by atoms with E-state index in [1.807, 2.05) is 0 Å². The number of ether oxygens (including phenoxy) is 3. The quantitative estimate of drug-likeness (QED) is 0.246. The van der Waals surface area contributed by atoms with Crippen molar-refractivity contribution >= 4 is 0 Å². The molecule has 0 N–H and O–H groups in total. The van der Waals surface area contributed by atoms with E-state index >= 15 is 0 Å². The lowest BCUT2D eigenvalue weighted by Crippen LogP contribution is -2.33. The largest absolute Gasteiger partial charge is 0.491 e. The Morgan fingerprint density at radius 1 is 0.735 bits per heavy atom. The van der Waals surface area contributed by atoms with E-state index in [-0.39, 0.29) is 6.29 Å². The Morgan fingerprint density at radius 3 is 2.00 bits per heavy atom. The molecule has 3 heteroatoms. The first-order valence-electron chi connectivity index (χ1n) is 13.8. The summed E-state index contributed by atoms with van der Waals surface area (Å²) < 4.78 is 18.7. The molecule has 4 rings (SSSR count). The van der Waals surface area contributed by atoms with E-state index in [1.54, 1.807) is 0 Å². The van der Waals surface area contributed by atoms with Gasteiger partial charge in [0.05, 0.1) is 6.61 Å². The topological polar surface area (TPSA) is 27.7 Å². The maximum Gasteiger partial charge on any atom is 0.202 e. The van der Waals surface area contributed by atoms with Gasteiger partial charge in [-0.1, -0.05) is 76.6 Å². The van der Waals surface area contributed by atoms with E-state index in [4.69, 9.17) is 14.2 Å². The van der Waals surface area contributed by atoms with Gasteiger partial charge < -0.3 is 14.2 Å². The predicted molar refractivity (Wildman–Crippen MR) is 140 cm³/mol. The van der Waals surface area contributed by atoms with Crippen LogP contribution in [0.4, 0.5) is 0 Å². The predicted octanol–water partition coefficient (Wildman–Crippen LogP) is 8.63. The van der Waals surface area contributed by atoms with Crippen LogP contribution in [-0.4, -0.2) is 19.5 Å². The van der Waals surface area contributed by atoms with Crippen molar-refractivity contribution in [2.45, 2.75) is 103 Å². The van der Waals surface area contributed by atoms with Crippen LogP contribution in [-0.2, 0) is 4.74 Å². The van der Waals surface area contributed by atoms with Crippen LogP contribution in [0.15, 0.2) is 48.5 Å². The Labute approximate surface area is 207 Å². The molecule has 0 heterocycles. The Bertz CT molecular complexity index is 817. The first-order chi connectivity index (χ1) is 16.7. The lowest BCUT2D eigenvalue weighted by atomic mass is 9.84. The Hall–Kier alpha value is -2.00. The van der Waals surface area contributed by atoms with Crippen molar-refractivity contribution in [1.29, 1.82) is 0 Å². The van der Waals surface area contributed by atoms with E-state index < -0.39 is 0 Å². The van der Waals surface area contributed by atoms with Crippen LogP contribution >= 0.6 is 0 Å². The molecular weight excluding hydrogens is 420 g/mol. The van der Waals surface area contributed by atoms with E-state index in [0.29, 0.717) is 25.0 Å². The van der Waals surface area contributed by atoms with Gasteiger partial charge in [-0.05, 0) is 79.3 Å². The normalized spacial score (nSPS) is 19.5. The number of rotatable bonds is 11. The van der Waals surface area contributed by atoms with Crippen LogP contribution in [0.1, 0.15) is 107 Å². The van der Waals surface area contributed by atoms with Crippen molar-refractivity contribution in [2.24, 2.45) is 5.92 Å². The minimum Gasteiger partial charge on any atom is -0.491 e. The fourth-order valence-corrected chi connectivity index (χ4v) is 5.51. The zero-order chi connectivity index (χ0) is 23.6. The van der Waals surface area contributed by atoms with Crippen molar-refractivity contribution < 1.29 is 14.2 Å². The third-order valence-corrected chi connectivity index (χ3v) is 7.94. The second-order valence-electron chi connectivity index (χ2n) is 10.4. The van der Waals surface area contributed by atoms with Crippen molar-refractivity contribution in [2.75, 3.05) is 13.2 Å². The maximum absolute atomic E-state index is 6.38. The lowest BCUT2D eigenvalue weighted by Gasteiger charge is -2.30. The number of benzene rings is 2. The summed E-state index contributed by atoms with van der Waals surface area (Å²) in [6.07, 6.45) is 14.0. The molecule has 2 aromatic rings. The molecule has 0 amide bonds. The van der Waals surface area contributed by atoms with Crippen LogP contribution < -0.4 is 9.47 Å². The molecule has 0 spiro atoms. The molecule has 0 saturated heterocycles. The summed E-state index contributed by atoms with van der Waals surface area (Å²) in [5, 5.41) is 0. The zero-order valence-electron chi connectivity index (χ0n) is 21.3. The molecule has 2 unspecified atom stereocenters. The van der Waals surface area contributed by atoms with Gasteiger partial charge in [0.25, 0.3) is 0 Å². The van der Waals surface area contributed by atoms with Crippen LogP contribution in [0.25, 0.3) is 0 Å². The molecule has 0 aromatic heterocycles. The summed E-state index contributed by atoms with van der Waals surface area (Å²) in [4.78, 5) is 0. The van der Waals surface area contributed by atoms with Crippen LogP contribution in [0.3, 0.4) is 0 Å². The highest BCUT2D eigenvalue weighted by atomic mass is 16.7. The van der Waals surface area contributed by atoms with E-state index in [2.05, 4.69) is 62.4 Å². The highest BCUT2D eigenvalue weighted by Crippen LogP contribution is 2.33. The van der Waals surface area contributed by atoms with Crippen molar-refractivity contribution in [1.82, 2.24) is 0 Å². The average Bonchev–Trinajstić information content (AvgIpc) is 2.91. The van der Waals surface area contributed by atoms with Gasteiger partial charge in [-0.2, -0.15) is 0 Å². The molecule has 3 nitrogen and oxygen atoms in total. The molecule has 2 aromatic carbocycles. The Morgan fingerprint density at radius 2 is 1.35 bits per heavy atom. The van der Waals surface area contributed by atoms with Crippen molar-refractivity contribution in [3.05, 3.63) is 59.7 Å². The van der Waals surface area contributed by atoms with E-state index in [0.717, 1.165) is 23.8 Å². The maximum atomic E-state index is 6.38. The van der Waals surface area contributed by atoms with Crippen molar-refractivity contribution in [3.63, 3.8) is 0 Å². The van der Waals surface area contributed by atoms with E-state index in [1.165, 1.54) is 75.3 Å². The molecule has 2 atom stereocenters. The van der Waals surface area contributed by atoms with Crippen molar-refractivity contribution in [3.8, 4) is 11.5 Å². The second-order valence-corrected chi connectivity index (χ2v) is 10.4.